The maximum absolute atomic E-state index is 2.68. The number of fused-ring (bicyclic) bond motifs is 5. The first-order chi connectivity index (χ1) is 34.0. The number of para-hydroxylation sites is 1. The van der Waals surface area contributed by atoms with Gasteiger partial charge in [0.1, 0.15) is 0 Å². The summed E-state index contributed by atoms with van der Waals surface area (Å²) in [6.07, 6.45) is 4.90. The van der Waals surface area contributed by atoms with E-state index in [1.165, 1.54) is 152 Å². The minimum atomic E-state index is 0.00246. The van der Waals surface area contributed by atoms with Gasteiger partial charge in [-0.2, -0.15) is 0 Å². The van der Waals surface area contributed by atoms with Crippen LogP contribution >= 0.6 is 0 Å². The molecule has 1 fully saturated rings. The Morgan fingerprint density at radius 1 is 0.333 bits per heavy atom. The maximum Gasteiger partial charge on any atom is 0.0517 e. The third-order valence-electron chi connectivity index (χ3n) is 16.8. The zero-order chi connectivity index (χ0) is 45.8. The smallest absolute Gasteiger partial charge is 0.0517 e. The van der Waals surface area contributed by atoms with Crippen LogP contribution in [0.1, 0.15) is 45.1 Å². The molecule has 1 heterocycles. The summed E-state index contributed by atoms with van der Waals surface area (Å²) in [5.74, 6) is 0. The van der Waals surface area contributed by atoms with Gasteiger partial charge in [0.25, 0.3) is 0 Å². The number of hydrogen-bond donors (Lipinski definition) is 0. The highest BCUT2D eigenvalue weighted by Gasteiger charge is 2.57. The van der Waals surface area contributed by atoms with Crippen molar-refractivity contribution in [3.63, 3.8) is 0 Å². The lowest BCUT2D eigenvalue weighted by Gasteiger charge is -2.50. The normalized spacial score (nSPS) is 17.9. The molecule has 12 aromatic rings. The van der Waals surface area contributed by atoms with E-state index < -0.39 is 0 Å². The van der Waals surface area contributed by atoms with Crippen molar-refractivity contribution in [3.8, 4) is 55.6 Å². The van der Waals surface area contributed by atoms with Gasteiger partial charge in [0.15, 0.2) is 0 Å². The van der Waals surface area contributed by atoms with Crippen LogP contribution in [0, 0.1) is 0 Å². The van der Waals surface area contributed by atoms with Crippen molar-refractivity contribution >= 4 is 65.2 Å². The van der Waals surface area contributed by atoms with Gasteiger partial charge in [-0.25, -0.2) is 0 Å². The van der Waals surface area contributed by atoms with Crippen LogP contribution in [0.25, 0.3) is 109 Å². The van der Waals surface area contributed by atoms with Gasteiger partial charge >= 0.3 is 0 Å². The second-order valence-electron chi connectivity index (χ2n) is 20.2. The molecule has 1 aliphatic carbocycles. The van der Waals surface area contributed by atoms with Gasteiger partial charge in [-0.15, -0.1) is 0 Å². The maximum atomic E-state index is 2.68. The van der Waals surface area contributed by atoms with E-state index in [-0.39, 0.29) is 11.0 Å². The van der Waals surface area contributed by atoms with E-state index in [4.69, 9.17) is 0 Å². The summed E-state index contributed by atoms with van der Waals surface area (Å²) >= 11 is 0. The highest BCUT2D eigenvalue weighted by molar-refractivity contribution is 6.33. The summed E-state index contributed by atoms with van der Waals surface area (Å²) in [7, 11) is 0. The lowest BCUT2D eigenvalue weighted by Crippen LogP contribution is -2.54. The lowest BCUT2D eigenvalue weighted by atomic mass is 9.61. The molecule has 2 aliphatic rings. The van der Waals surface area contributed by atoms with Crippen LogP contribution in [-0.4, -0.2) is 5.54 Å². The molecule has 12 aromatic carbocycles. The van der Waals surface area contributed by atoms with Crippen molar-refractivity contribution in [1.82, 2.24) is 0 Å². The van der Waals surface area contributed by atoms with Crippen molar-refractivity contribution in [3.05, 3.63) is 230 Å². The average molecular weight is 882 g/mol. The summed E-state index contributed by atoms with van der Waals surface area (Å²) in [6, 6.07) is 84.6. The predicted molar refractivity (Wildman–Crippen MR) is 295 cm³/mol. The van der Waals surface area contributed by atoms with Crippen LogP contribution in [0.3, 0.4) is 0 Å². The van der Waals surface area contributed by atoms with E-state index in [0.29, 0.717) is 0 Å². The molecule has 1 aliphatic heterocycles. The molecular formula is C68H51N. The lowest BCUT2D eigenvalue weighted by molar-refractivity contribution is 0.195. The highest BCUT2D eigenvalue weighted by atomic mass is 15.3. The largest absolute Gasteiger partial charge is 0.334 e. The predicted octanol–water partition coefficient (Wildman–Crippen LogP) is 19.0. The molecule has 2 unspecified atom stereocenters. The van der Waals surface area contributed by atoms with E-state index >= 15 is 0 Å². The molecule has 0 bridgehead atoms. The zero-order valence-corrected chi connectivity index (χ0v) is 39.1. The molecule has 0 spiro atoms. The first-order valence-corrected chi connectivity index (χ1v) is 24.9. The monoisotopic (exact) mass is 881 g/mol. The van der Waals surface area contributed by atoms with Crippen LogP contribution in [0.5, 0.6) is 0 Å². The Morgan fingerprint density at radius 2 is 0.812 bits per heavy atom. The van der Waals surface area contributed by atoms with Gasteiger partial charge in [-0.1, -0.05) is 208 Å². The highest BCUT2D eigenvalue weighted by Crippen LogP contribution is 2.61. The first kappa shape index (κ1) is 40.1. The molecule has 1 nitrogen and oxygen atoms in total. The van der Waals surface area contributed by atoms with Crippen LogP contribution in [0.2, 0.25) is 0 Å². The van der Waals surface area contributed by atoms with Crippen molar-refractivity contribution in [2.45, 2.75) is 50.5 Å². The molecule has 2 atom stereocenters. The van der Waals surface area contributed by atoms with Crippen molar-refractivity contribution in [2.24, 2.45) is 0 Å². The fourth-order valence-electron chi connectivity index (χ4n) is 13.3. The third-order valence-corrected chi connectivity index (χ3v) is 16.8. The fraction of sp³-hybridized carbons (Fsp3) is 0.118. The van der Waals surface area contributed by atoms with Crippen molar-refractivity contribution in [2.75, 3.05) is 4.90 Å². The van der Waals surface area contributed by atoms with Gasteiger partial charge in [0.2, 0.25) is 0 Å². The number of benzene rings is 12. The zero-order valence-electron chi connectivity index (χ0n) is 39.1. The summed E-state index contributed by atoms with van der Waals surface area (Å²) < 4.78 is 0. The van der Waals surface area contributed by atoms with Crippen molar-refractivity contribution in [1.29, 1.82) is 0 Å². The molecule has 0 saturated heterocycles. The average Bonchev–Trinajstić information content (AvgIpc) is 3.62. The van der Waals surface area contributed by atoms with E-state index in [2.05, 4.69) is 243 Å². The van der Waals surface area contributed by atoms with Crippen LogP contribution in [0.4, 0.5) is 11.4 Å². The second-order valence-corrected chi connectivity index (χ2v) is 20.2. The summed E-state index contributed by atoms with van der Waals surface area (Å²) in [5, 5.41) is 12.8. The molecule has 1 saturated carbocycles. The summed E-state index contributed by atoms with van der Waals surface area (Å²) in [6.45, 7) is 5.07. The minimum Gasteiger partial charge on any atom is -0.334 e. The van der Waals surface area contributed by atoms with Gasteiger partial charge in [-0.3, -0.25) is 0 Å². The van der Waals surface area contributed by atoms with E-state index in [1.807, 2.05) is 0 Å². The van der Waals surface area contributed by atoms with Gasteiger partial charge in [0, 0.05) is 16.8 Å². The molecular weight excluding hydrogens is 831 g/mol. The molecule has 69 heavy (non-hydrogen) atoms. The standard InChI is InChI=1S/C68H51N/c1-67-39-14-15-40-68(67,2)69(48-25-10-5-11-26-48)64-38-33-47(41-63(64)67)50-28-17-31-53-51(50)30-18-32-54(53)62-43-60(46-21-8-4-9-22-46)56-34-36-57-61(52-29-16-24-44-23-12-13-27-49(44)52)42-59(45-19-6-3-7-20-45)55-35-37-58(62)66(56)65(55)57/h3-13,16-38,41-43H,14-15,39-40H2,1-2H3. The second kappa shape index (κ2) is 15.3. The topological polar surface area (TPSA) is 3.24 Å². The fourth-order valence-corrected chi connectivity index (χ4v) is 13.3. The Balaban J connectivity index is 1.03. The summed E-state index contributed by atoms with van der Waals surface area (Å²) in [4.78, 5) is 2.68. The molecule has 1 heteroatoms. The number of anilines is 2. The van der Waals surface area contributed by atoms with E-state index in [9.17, 15) is 0 Å². The van der Waals surface area contributed by atoms with Crippen LogP contribution in [-0.2, 0) is 5.41 Å². The molecule has 0 amide bonds. The Morgan fingerprint density at radius 3 is 1.45 bits per heavy atom. The quantitative estimate of drug-likeness (QED) is 0.150. The van der Waals surface area contributed by atoms with Gasteiger partial charge < -0.3 is 4.90 Å². The summed E-state index contributed by atoms with van der Waals surface area (Å²) in [5.41, 5.74) is 16.7. The Labute approximate surface area is 404 Å². The molecule has 14 rings (SSSR count). The Bertz CT molecular complexity index is 3980. The Kier molecular flexibility index (Phi) is 8.87. The minimum absolute atomic E-state index is 0.00246. The SMILES string of the molecule is CC12CCCCC1(C)N(c1ccccc1)c1ccc(-c3cccc4c(-c5cc(-c6ccccc6)c6ccc7c(-c8cccc9ccccc89)cc(-c8ccccc8)c8ccc5c6c87)cccc34)cc12. The molecule has 0 radical (unpaired) electrons. The third kappa shape index (κ3) is 5.83. The number of nitrogens with zero attached hydrogens (tertiary/aromatic N) is 1. The van der Waals surface area contributed by atoms with E-state index in [1.54, 1.807) is 0 Å². The van der Waals surface area contributed by atoms with Gasteiger partial charge in [0.05, 0.1) is 5.54 Å². The van der Waals surface area contributed by atoms with E-state index in [0.717, 1.165) is 0 Å². The van der Waals surface area contributed by atoms with Crippen LogP contribution < -0.4 is 4.90 Å². The molecule has 0 N–H and O–H groups in total. The number of hydrogen-bond acceptors (Lipinski definition) is 1. The van der Waals surface area contributed by atoms with Gasteiger partial charge in [-0.05, 0) is 171 Å². The van der Waals surface area contributed by atoms with Crippen molar-refractivity contribution < 1.29 is 0 Å². The first-order valence-electron chi connectivity index (χ1n) is 24.9. The Hall–Kier alpha value is -8.00. The molecule has 0 aromatic heterocycles. The number of rotatable bonds is 6. The molecule has 328 valence electrons. The van der Waals surface area contributed by atoms with Crippen LogP contribution in [0.15, 0.2) is 224 Å².